The topological polar surface area (TPSA) is 44.8 Å². The molecular weight excluding hydrogens is 244 g/mol. The van der Waals surface area contributed by atoms with Gasteiger partial charge in [0.15, 0.2) is 5.79 Å². The van der Waals surface area contributed by atoms with Crippen LogP contribution in [0.15, 0.2) is 0 Å². The first-order valence-electron chi connectivity index (χ1n) is 7.44. The van der Waals surface area contributed by atoms with Crippen molar-refractivity contribution in [2.75, 3.05) is 13.2 Å². The maximum Gasteiger partial charge on any atom is 0.306 e. The van der Waals surface area contributed by atoms with E-state index in [1.165, 1.54) is 0 Å². The van der Waals surface area contributed by atoms with Crippen molar-refractivity contribution in [2.24, 2.45) is 23.2 Å². The Bertz CT molecular complexity index is 406. The van der Waals surface area contributed by atoms with E-state index in [1.54, 1.807) is 0 Å². The smallest absolute Gasteiger partial charge is 0.306 e. The van der Waals surface area contributed by atoms with Gasteiger partial charge in [-0.1, -0.05) is 13.8 Å². The van der Waals surface area contributed by atoms with E-state index in [1.807, 2.05) is 0 Å². The number of carbonyl (C=O) groups excluding carboxylic acids is 1. The molecule has 4 fully saturated rings. The number of ether oxygens (including phenoxy) is 3. The molecule has 4 rings (SSSR count). The molecule has 2 aliphatic carbocycles. The van der Waals surface area contributed by atoms with Gasteiger partial charge in [0, 0.05) is 24.2 Å². The van der Waals surface area contributed by atoms with E-state index in [2.05, 4.69) is 13.8 Å². The Morgan fingerprint density at radius 1 is 1.11 bits per heavy atom. The zero-order valence-electron chi connectivity index (χ0n) is 11.7. The molecule has 2 heterocycles. The quantitative estimate of drug-likeness (QED) is 0.630. The van der Waals surface area contributed by atoms with Gasteiger partial charge < -0.3 is 14.2 Å². The summed E-state index contributed by atoms with van der Waals surface area (Å²) >= 11 is 0. The van der Waals surface area contributed by atoms with Gasteiger partial charge >= 0.3 is 5.97 Å². The second-order valence-corrected chi connectivity index (χ2v) is 7.62. The first-order chi connectivity index (χ1) is 8.96. The Balaban J connectivity index is 1.49. The lowest BCUT2D eigenvalue weighted by Gasteiger charge is -2.42. The lowest BCUT2D eigenvalue weighted by atomic mass is 9.89. The van der Waals surface area contributed by atoms with Crippen LogP contribution in [0, 0.1) is 23.2 Å². The monoisotopic (exact) mass is 266 g/mol. The molecule has 4 nitrogen and oxygen atoms in total. The van der Waals surface area contributed by atoms with Crippen LogP contribution in [0.5, 0.6) is 0 Å². The third kappa shape index (κ3) is 1.83. The first kappa shape index (κ1) is 12.2. The standard InChI is InChI=1S/C15H22O4/c1-14(2)7-17-15(18-8-14)5-9-3-12-10(11(9)6-15)4-13(16)19-12/h9-12H,3-8H2,1-2H3/t9-,10+,11+,12-/m1/s1. The highest BCUT2D eigenvalue weighted by Gasteiger charge is 2.59. The van der Waals surface area contributed by atoms with Crippen LogP contribution in [-0.4, -0.2) is 31.1 Å². The normalized spacial score (nSPS) is 46.1. The van der Waals surface area contributed by atoms with Crippen LogP contribution in [0.2, 0.25) is 0 Å². The predicted molar refractivity (Wildman–Crippen MR) is 67.2 cm³/mol. The van der Waals surface area contributed by atoms with E-state index in [0.717, 1.165) is 32.5 Å². The largest absolute Gasteiger partial charge is 0.462 e. The van der Waals surface area contributed by atoms with Crippen LogP contribution in [-0.2, 0) is 19.0 Å². The van der Waals surface area contributed by atoms with Gasteiger partial charge in [0.1, 0.15) is 6.10 Å². The molecule has 4 atom stereocenters. The summed E-state index contributed by atoms with van der Waals surface area (Å²) in [4.78, 5) is 11.4. The molecule has 0 aromatic heterocycles. The van der Waals surface area contributed by atoms with Crippen LogP contribution in [0.3, 0.4) is 0 Å². The molecule has 0 aromatic carbocycles. The minimum Gasteiger partial charge on any atom is -0.462 e. The molecule has 106 valence electrons. The Hall–Kier alpha value is -0.610. The zero-order valence-corrected chi connectivity index (χ0v) is 11.7. The Labute approximate surface area is 113 Å². The Morgan fingerprint density at radius 3 is 2.58 bits per heavy atom. The fraction of sp³-hybridized carbons (Fsp3) is 0.933. The van der Waals surface area contributed by atoms with Crippen LogP contribution < -0.4 is 0 Å². The van der Waals surface area contributed by atoms with Gasteiger partial charge in [0.25, 0.3) is 0 Å². The van der Waals surface area contributed by atoms with E-state index in [-0.39, 0.29) is 23.3 Å². The van der Waals surface area contributed by atoms with Crippen molar-refractivity contribution >= 4 is 5.97 Å². The lowest BCUT2D eigenvalue weighted by Crippen LogP contribution is -2.46. The van der Waals surface area contributed by atoms with Crippen LogP contribution >= 0.6 is 0 Å². The van der Waals surface area contributed by atoms with Gasteiger partial charge in [-0.05, 0) is 18.3 Å². The Morgan fingerprint density at radius 2 is 1.84 bits per heavy atom. The highest BCUT2D eigenvalue weighted by Crippen LogP contribution is 2.57. The molecule has 0 amide bonds. The minimum atomic E-state index is -0.360. The van der Waals surface area contributed by atoms with Crippen LogP contribution in [0.1, 0.15) is 39.5 Å². The van der Waals surface area contributed by atoms with Crippen molar-refractivity contribution in [3.8, 4) is 0 Å². The molecule has 0 unspecified atom stereocenters. The molecule has 4 aliphatic rings. The van der Waals surface area contributed by atoms with Gasteiger partial charge in [-0.15, -0.1) is 0 Å². The number of fused-ring (bicyclic) bond motifs is 3. The van der Waals surface area contributed by atoms with E-state index < -0.39 is 0 Å². The fourth-order valence-electron chi connectivity index (χ4n) is 4.47. The molecule has 0 bridgehead atoms. The van der Waals surface area contributed by atoms with E-state index >= 15 is 0 Å². The molecule has 19 heavy (non-hydrogen) atoms. The number of rotatable bonds is 0. The fourth-order valence-corrected chi connectivity index (χ4v) is 4.47. The number of hydrogen-bond acceptors (Lipinski definition) is 4. The third-order valence-electron chi connectivity index (χ3n) is 5.43. The van der Waals surface area contributed by atoms with E-state index in [4.69, 9.17) is 14.2 Å². The van der Waals surface area contributed by atoms with Crippen molar-refractivity contribution < 1.29 is 19.0 Å². The van der Waals surface area contributed by atoms with Gasteiger partial charge in [-0.25, -0.2) is 0 Å². The average molecular weight is 266 g/mol. The summed E-state index contributed by atoms with van der Waals surface area (Å²) in [6.07, 6.45) is 3.73. The van der Waals surface area contributed by atoms with Gasteiger partial charge in [0.05, 0.1) is 19.6 Å². The van der Waals surface area contributed by atoms with Crippen molar-refractivity contribution in [1.29, 1.82) is 0 Å². The maximum absolute atomic E-state index is 11.4. The molecular formula is C15H22O4. The number of esters is 1. The Kier molecular flexibility index (Phi) is 2.39. The summed E-state index contributed by atoms with van der Waals surface area (Å²) in [6.45, 7) is 5.90. The lowest BCUT2D eigenvalue weighted by molar-refractivity contribution is -0.298. The minimum absolute atomic E-state index is 0.0129. The molecule has 2 aliphatic heterocycles. The van der Waals surface area contributed by atoms with Gasteiger partial charge in [-0.3, -0.25) is 4.79 Å². The second-order valence-electron chi connectivity index (χ2n) is 7.62. The molecule has 2 saturated carbocycles. The summed E-state index contributed by atoms with van der Waals surface area (Å²) in [7, 11) is 0. The molecule has 1 spiro atoms. The predicted octanol–water partition coefficient (Wildman–Crippen LogP) is 2.12. The van der Waals surface area contributed by atoms with Crippen LogP contribution in [0.25, 0.3) is 0 Å². The van der Waals surface area contributed by atoms with Gasteiger partial charge in [0.2, 0.25) is 0 Å². The highest BCUT2D eigenvalue weighted by atomic mass is 16.7. The average Bonchev–Trinajstić information content (AvgIpc) is 2.93. The molecule has 4 heteroatoms. The summed E-state index contributed by atoms with van der Waals surface area (Å²) in [5.74, 6) is 1.21. The maximum atomic E-state index is 11.4. The van der Waals surface area contributed by atoms with E-state index in [9.17, 15) is 4.79 Å². The summed E-state index contributed by atoms with van der Waals surface area (Å²) in [5.41, 5.74) is 0.123. The number of carbonyl (C=O) groups is 1. The van der Waals surface area contributed by atoms with Crippen molar-refractivity contribution in [1.82, 2.24) is 0 Å². The van der Waals surface area contributed by atoms with Crippen molar-refractivity contribution in [3.63, 3.8) is 0 Å². The van der Waals surface area contributed by atoms with Gasteiger partial charge in [-0.2, -0.15) is 0 Å². The first-order valence-corrected chi connectivity index (χ1v) is 7.44. The highest BCUT2D eigenvalue weighted by molar-refractivity contribution is 5.72. The third-order valence-corrected chi connectivity index (χ3v) is 5.43. The van der Waals surface area contributed by atoms with Crippen molar-refractivity contribution in [2.45, 2.75) is 51.4 Å². The molecule has 0 N–H and O–H groups in total. The molecule has 0 aromatic rings. The molecule has 2 saturated heterocycles. The molecule has 0 radical (unpaired) electrons. The van der Waals surface area contributed by atoms with Crippen molar-refractivity contribution in [3.05, 3.63) is 0 Å². The second kappa shape index (κ2) is 3.73. The van der Waals surface area contributed by atoms with Crippen LogP contribution in [0.4, 0.5) is 0 Å². The van der Waals surface area contributed by atoms with E-state index in [0.29, 0.717) is 24.2 Å². The summed E-state index contributed by atoms with van der Waals surface area (Å²) in [5, 5.41) is 0. The summed E-state index contributed by atoms with van der Waals surface area (Å²) in [6, 6.07) is 0. The zero-order chi connectivity index (χ0) is 13.3. The number of hydrogen-bond donors (Lipinski definition) is 0. The SMILES string of the molecule is CC1(C)COC2(C[C@H]3C[C@H]4OC(=O)C[C@H]4[C@H]3C2)OC1. The summed E-state index contributed by atoms with van der Waals surface area (Å²) < 4.78 is 17.6.